The van der Waals surface area contributed by atoms with Crippen molar-refractivity contribution in [2.45, 2.75) is 20.3 Å². The van der Waals surface area contributed by atoms with Crippen LogP contribution in [0.5, 0.6) is 0 Å². The van der Waals surface area contributed by atoms with E-state index < -0.39 is 0 Å². The highest BCUT2D eigenvalue weighted by Gasteiger charge is 2.28. The fourth-order valence-electron chi connectivity index (χ4n) is 2.98. The van der Waals surface area contributed by atoms with Crippen molar-refractivity contribution in [2.75, 3.05) is 26.2 Å². The Morgan fingerprint density at radius 2 is 1.80 bits per heavy atom. The quantitative estimate of drug-likeness (QED) is 0.861. The lowest BCUT2D eigenvalue weighted by atomic mass is 10.1. The van der Waals surface area contributed by atoms with Crippen LogP contribution in [0.2, 0.25) is 0 Å². The number of carbonyl (C=O) groups excluding carboxylic acids is 2. The Morgan fingerprint density at radius 1 is 1.16 bits per heavy atom. The van der Waals surface area contributed by atoms with Gasteiger partial charge in [-0.15, -0.1) is 0 Å². The Hall–Kier alpha value is -2.71. The minimum atomic E-state index is -0.190. The van der Waals surface area contributed by atoms with E-state index in [1.165, 1.54) is 6.33 Å². The maximum absolute atomic E-state index is 12.8. The van der Waals surface area contributed by atoms with Crippen molar-refractivity contribution >= 4 is 11.8 Å². The average Bonchev–Trinajstić information content (AvgIpc) is 3.23. The molecule has 0 aromatic carbocycles. The number of hydrogen-bond acceptors (Lipinski definition) is 5. The molecule has 1 aliphatic heterocycles. The van der Waals surface area contributed by atoms with Gasteiger partial charge in [-0.1, -0.05) is 13.8 Å². The molecule has 9 nitrogen and oxygen atoms in total. The normalized spacial score (nSPS) is 15.0. The number of aryl methyl sites for hydroxylation is 1. The molecule has 2 aromatic heterocycles. The highest BCUT2D eigenvalue weighted by atomic mass is 16.2. The summed E-state index contributed by atoms with van der Waals surface area (Å²) in [4.78, 5) is 32.3. The molecular formula is C16H23N7O2. The monoisotopic (exact) mass is 345 g/mol. The number of nitrogens with one attached hydrogen (secondary N) is 1. The van der Waals surface area contributed by atoms with E-state index in [1.54, 1.807) is 21.5 Å². The molecule has 0 bridgehead atoms. The summed E-state index contributed by atoms with van der Waals surface area (Å²) in [5.74, 6) is 0.481. The van der Waals surface area contributed by atoms with Crippen molar-refractivity contribution in [3.63, 3.8) is 0 Å². The SMILES string of the molecule is CC(C)Cc1cc(C(=O)N2CCN(C(=O)c3ncn[nH]3)CC2)n(C)n1. The van der Waals surface area contributed by atoms with Gasteiger partial charge in [-0.05, 0) is 18.4 Å². The Bertz CT molecular complexity index is 743. The molecule has 1 fully saturated rings. The van der Waals surface area contributed by atoms with Gasteiger partial charge in [0.25, 0.3) is 11.8 Å². The average molecular weight is 345 g/mol. The summed E-state index contributed by atoms with van der Waals surface area (Å²) in [6.45, 7) is 6.18. The van der Waals surface area contributed by atoms with E-state index in [0.29, 0.717) is 37.8 Å². The van der Waals surface area contributed by atoms with Crippen molar-refractivity contribution in [2.24, 2.45) is 13.0 Å². The van der Waals surface area contributed by atoms with Gasteiger partial charge in [0.05, 0.1) is 5.69 Å². The molecule has 0 aliphatic carbocycles. The van der Waals surface area contributed by atoms with E-state index in [-0.39, 0.29) is 17.6 Å². The summed E-state index contributed by atoms with van der Waals surface area (Å²) in [6.07, 6.45) is 2.16. The Labute approximate surface area is 146 Å². The Morgan fingerprint density at radius 3 is 2.36 bits per heavy atom. The second-order valence-corrected chi connectivity index (χ2v) is 6.66. The van der Waals surface area contributed by atoms with Crippen molar-refractivity contribution in [3.8, 4) is 0 Å². The molecule has 0 atom stereocenters. The van der Waals surface area contributed by atoms with Crippen LogP contribution in [0.25, 0.3) is 0 Å². The van der Waals surface area contributed by atoms with Crippen LogP contribution in [0.3, 0.4) is 0 Å². The number of aromatic amines is 1. The fourth-order valence-corrected chi connectivity index (χ4v) is 2.98. The Kier molecular flexibility index (Phi) is 4.82. The molecule has 9 heteroatoms. The van der Waals surface area contributed by atoms with E-state index in [9.17, 15) is 9.59 Å². The molecule has 3 rings (SSSR count). The van der Waals surface area contributed by atoms with Gasteiger partial charge >= 0.3 is 0 Å². The van der Waals surface area contributed by atoms with Gasteiger partial charge in [-0.3, -0.25) is 19.4 Å². The van der Waals surface area contributed by atoms with E-state index in [4.69, 9.17) is 0 Å². The molecule has 2 amide bonds. The molecular weight excluding hydrogens is 322 g/mol. The van der Waals surface area contributed by atoms with Gasteiger partial charge in [0.2, 0.25) is 5.82 Å². The van der Waals surface area contributed by atoms with E-state index in [2.05, 4.69) is 34.1 Å². The predicted molar refractivity (Wildman–Crippen MR) is 89.9 cm³/mol. The number of amides is 2. The number of hydrogen-bond donors (Lipinski definition) is 1. The maximum atomic E-state index is 12.8. The lowest BCUT2D eigenvalue weighted by Crippen LogP contribution is -2.51. The number of nitrogens with zero attached hydrogens (tertiary/aromatic N) is 6. The standard InChI is InChI=1S/C16H23N7O2/c1-11(2)8-12-9-13(21(3)20-12)15(24)22-4-6-23(7-5-22)16(25)14-17-10-18-19-14/h9-11H,4-8H2,1-3H3,(H,17,18,19). The highest BCUT2D eigenvalue weighted by Crippen LogP contribution is 2.13. The molecule has 1 aliphatic rings. The first kappa shape index (κ1) is 17.1. The molecule has 0 spiro atoms. The molecule has 25 heavy (non-hydrogen) atoms. The van der Waals surface area contributed by atoms with E-state index >= 15 is 0 Å². The number of H-pyrrole nitrogens is 1. The fraction of sp³-hybridized carbons (Fsp3) is 0.562. The number of aromatic nitrogens is 5. The summed E-state index contributed by atoms with van der Waals surface area (Å²) in [5.41, 5.74) is 1.52. The van der Waals surface area contributed by atoms with Crippen LogP contribution in [0.1, 0.15) is 40.6 Å². The van der Waals surface area contributed by atoms with Gasteiger partial charge in [0, 0.05) is 33.2 Å². The first-order valence-corrected chi connectivity index (χ1v) is 8.42. The summed E-state index contributed by atoms with van der Waals surface area (Å²) >= 11 is 0. The van der Waals surface area contributed by atoms with Crippen LogP contribution in [0, 0.1) is 5.92 Å². The largest absolute Gasteiger partial charge is 0.334 e. The van der Waals surface area contributed by atoms with Crippen molar-refractivity contribution < 1.29 is 9.59 Å². The Balaban J connectivity index is 1.62. The molecule has 134 valence electrons. The van der Waals surface area contributed by atoms with Gasteiger partial charge in [0.1, 0.15) is 12.0 Å². The number of rotatable bonds is 4. The third-order valence-electron chi connectivity index (χ3n) is 4.24. The molecule has 1 saturated heterocycles. The molecule has 1 N–H and O–H groups in total. The maximum Gasteiger partial charge on any atom is 0.291 e. The zero-order chi connectivity index (χ0) is 18.0. The van der Waals surface area contributed by atoms with Crippen molar-refractivity contribution in [3.05, 3.63) is 29.6 Å². The highest BCUT2D eigenvalue weighted by molar-refractivity contribution is 5.93. The summed E-state index contributed by atoms with van der Waals surface area (Å²) < 4.78 is 1.64. The first-order chi connectivity index (χ1) is 12.0. The van der Waals surface area contributed by atoms with Crippen LogP contribution in [0.15, 0.2) is 12.4 Å². The van der Waals surface area contributed by atoms with Crippen LogP contribution in [-0.4, -0.2) is 72.8 Å². The van der Waals surface area contributed by atoms with Crippen LogP contribution >= 0.6 is 0 Å². The van der Waals surface area contributed by atoms with Crippen molar-refractivity contribution in [1.82, 2.24) is 34.8 Å². The summed E-state index contributed by atoms with van der Waals surface area (Å²) in [5, 5.41) is 10.7. The van der Waals surface area contributed by atoms with Gasteiger partial charge in [0.15, 0.2) is 0 Å². The molecule has 0 saturated carbocycles. The summed E-state index contributed by atoms with van der Waals surface area (Å²) in [7, 11) is 1.79. The van der Waals surface area contributed by atoms with Crippen molar-refractivity contribution in [1.29, 1.82) is 0 Å². The zero-order valence-corrected chi connectivity index (χ0v) is 14.8. The van der Waals surface area contributed by atoms with Gasteiger partial charge < -0.3 is 9.80 Å². The number of piperazine rings is 1. The van der Waals surface area contributed by atoms with Crippen LogP contribution < -0.4 is 0 Å². The lowest BCUT2D eigenvalue weighted by molar-refractivity contribution is 0.0523. The molecule has 0 radical (unpaired) electrons. The lowest BCUT2D eigenvalue weighted by Gasteiger charge is -2.34. The minimum Gasteiger partial charge on any atom is -0.334 e. The van der Waals surface area contributed by atoms with E-state index in [0.717, 1.165) is 12.1 Å². The number of carbonyl (C=O) groups is 2. The van der Waals surface area contributed by atoms with Gasteiger partial charge in [-0.25, -0.2) is 4.98 Å². The summed E-state index contributed by atoms with van der Waals surface area (Å²) in [6, 6.07) is 1.87. The van der Waals surface area contributed by atoms with E-state index in [1.807, 2.05) is 6.07 Å². The topological polar surface area (TPSA) is 100 Å². The third kappa shape index (κ3) is 3.70. The third-order valence-corrected chi connectivity index (χ3v) is 4.24. The second-order valence-electron chi connectivity index (χ2n) is 6.66. The van der Waals surface area contributed by atoms with Gasteiger partial charge in [-0.2, -0.15) is 10.2 Å². The molecule has 3 heterocycles. The minimum absolute atomic E-state index is 0.0447. The molecule has 2 aromatic rings. The first-order valence-electron chi connectivity index (χ1n) is 8.42. The zero-order valence-electron chi connectivity index (χ0n) is 14.8. The van der Waals surface area contributed by atoms with Crippen LogP contribution in [-0.2, 0) is 13.5 Å². The predicted octanol–water partition coefficient (Wildman–Crippen LogP) is 0.335. The molecule has 0 unspecified atom stereocenters. The smallest absolute Gasteiger partial charge is 0.291 e. The van der Waals surface area contributed by atoms with Crippen LogP contribution in [0.4, 0.5) is 0 Å². The second kappa shape index (κ2) is 7.04.